The molecule has 3 rings (SSSR count). The van der Waals surface area contributed by atoms with Gasteiger partial charge in [-0.05, 0) is 18.6 Å². The van der Waals surface area contributed by atoms with Crippen LogP contribution in [0.3, 0.4) is 0 Å². The molecule has 1 aromatic rings. The Balaban J connectivity index is 1.96. The predicted molar refractivity (Wildman–Crippen MR) is 136 cm³/mol. The lowest BCUT2D eigenvalue weighted by Gasteiger charge is -2.47. The van der Waals surface area contributed by atoms with Crippen molar-refractivity contribution in [3.05, 3.63) is 35.4 Å². The van der Waals surface area contributed by atoms with Crippen LogP contribution in [0.4, 0.5) is 0 Å². The molecule has 1 aromatic carbocycles. The van der Waals surface area contributed by atoms with Gasteiger partial charge in [0.15, 0.2) is 18.5 Å². The molecule has 2 heterocycles. The summed E-state index contributed by atoms with van der Waals surface area (Å²) in [6.45, 7) is 5.57. The zero-order valence-corrected chi connectivity index (χ0v) is 22.9. The fourth-order valence-electron chi connectivity index (χ4n) is 4.85. The molecule has 39 heavy (non-hydrogen) atoms. The minimum absolute atomic E-state index is 0.185. The third-order valence-electron chi connectivity index (χ3n) is 6.57. The SMILES string of the molecule is CCCCCCCCO[C@@H]1O[C@H](COC(C)=O)[C@@H](OC(C)=O)[C@H](OC(C)=O)[C@H]1N1C(=O)c2ccccc2C1=O. The molecule has 0 saturated carbocycles. The van der Waals surface area contributed by atoms with Gasteiger partial charge in [0.2, 0.25) is 0 Å². The fourth-order valence-corrected chi connectivity index (χ4v) is 4.85. The second kappa shape index (κ2) is 14.2. The van der Waals surface area contributed by atoms with Crippen LogP contribution in [0, 0.1) is 0 Å². The number of unbranched alkanes of at least 4 members (excludes halogenated alkanes) is 5. The summed E-state index contributed by atoms with van der Waals surface area (Å²) in [5.74, 6) is -3.29. The Morgan fingerprint density at radius 1 is 0.821 bits per heavy atom. The lowest BCUT2D eigenvalue weighted by molar-refractivity contribution is -0.286. The molecule has 5 atom stereocenters. The van der Waals surface area contributed by atoms with E-state index < -0.39 is 60.4 Å². The predicted octanol–water partition coefficient (Wildman–Crippen LogP) is 3.18. The lowest BCUT2D eigenvalue weighted by atomic mass is 9.94. The highest BCUT2D eigenvalue weighted by atomic mass is 16.7. The van der Waals surface area contributed by atoms with Crippen LogP contribution in [0.1, 0.15) is 86.9 Å². The molecule has 0 spiro atoms. The molecular formula is C28H37NO10. The number of hydrogen-bond acceptors (Lipinski definition) is 10. The van der Waals surface area contributed by atoms with Gasteiger partial charge < -0.3 is 23.7 Å². The summed E-state index contributed by atoms with van der Waals surface area (Å²) in [4.78, 5) is 63.7. The van der Waals surface area contributed by atoms with Gasteiger partial charge >= 0.3 is 17.9 Å². The molecule has 2 amide bonds. The van der Waals surface area contributed by atoms with Crippen molar-refractivity contribution >= 4 is 29.7 Å². The number of carbonyl (C=O) groups is 5. The Labute approximate surface area is 228 Å². The number of hydrogen-bond donors (Lipinski definition) is 0. The first-order valence-electron chi connectivity index (χ1n) is 13.4. The van der Waals surface area contributed by atoms with E-state index in [1.165, 1.54) is 19.1 Å². The Hall–Kier alpha value is -3.31. The number of benzene rings is 1. The quantitative estimate of drug-likeness (QED) is 0.157. The van der Waals surface area contributed by atoms with Crippen LogP contribution >= 0.6 is 0 Å². The van der Waals surface area contributed by atoms with Gasteiger partial charge in [0.25, 0.3) is 11.8 Å². The van der Waals surface area contributed by atoms with Gasteiger partial charge in [-0.2, -0.15) is 0 Å². The smallest absolute Gasteiger partial charge is 0.303 e. The Morgan fingerprint density at radius 3 is 1.95 bits per heavy atom. The van der Waals surface area contributed by atoms with Crippen molar-refractivity contribution in [2.45, 2.75) is 96.9 Å². The number of rotatable bonds is 13. The van der Waals surface area contributed by atoms with Crippen LogP contribution in [0.5, 0.6) is 0 Å². The van der Waals surface area contributed by atoms with Crippen molar-refractivity contribution in [2.75, 3.05) is 13.2 Å². The van der Waals surface area contributed by atoms with Crippen molar-refractivity contribution in [1.29, 1.82) is 0 Å². The van der Waals surface area contributed by atoms with Gasteiger partial charge in [-0.15, -0.1) is 0 Å². The number of imide groups is 1. The summed E-state index contributed by atoms with van der Waals surface area (Å²) >= 11 is 0. The Kier molecular flexibility index (Phi) is 11.0. The lowest BCUT2D eigenvalue weighted by Crippen LogP contribution is -2.67. The zero-order chi connectivity index (χ0) is 28.5. The van der Waals surface area contributed by atoms with E-state index in [4.69, 9.17) is 23.7 Å². The summed E-state index contributed by atoms with van der Waals surface area (Å²) in [6.07, 6.45) is 1.02. The molecular weight excluding hydrogens is 510 g/mol. The van der Waals surface area contributed by atoms with Crippen molar-refractivity contribution in [2.24, 2.45) is 0 Å². The molecule has 0 aliphatic carbocycles. The van der Waals surface area contributed by atoms with Crippen molar-refractivity contribution in [3.63, 3.8) is 0 Å². The van der Waals surface area contributed by atoms with Crippen LogP contribution in [0.2, 0.25) is 0 Å². The number of nitrogens with zero attached hydrogens (tertiary/aromatic N) is 1. The van der Waals surface area contributed by atoms with E-state index in [2.05, 4.69) is 6.92 Å². The largest absolute Gasteiger partial charge is 0.463 e. The van der Waals surface area contributed by atoms with Gasteiger partial charge in [0, 0.05) is 27.4 Å². The van der Waals surface area contributed by atoms with E-state index in [-0.39, 0.29) is 24.3 Å². The average molecular weight is 548 g/mol. The van der Waals surface area contributed by atoms with Crippen LogP contribution < -0.4 is 0 Å². The highest BCUT2D eigenvalue weighted by Gasteiger charge is 2.57. The monoisotopic (exact) mass is 547 g/mol. The number of ether oxygens (including phenoxy) is 5. The van der Waals surface area contributed by atoms with E-state index in [0.29, 0.717) is 6.42 Å². The van der Waals surface area contributed by atoms with E-state index in [1.807, 2.05) is 0 Å². The van der Waals surface area contributed by atoms with Crippen LogP contribution in [0.15, 0.2) is 24.3 Å². The van der Waals surface area contributed by atoms with Crippen LogP contribution in [0.25, 0.3) is 0 Å². The summed E-state index contributed by atoms with van der Waals surface area (Å²) in [6, 6.07) is 5.05. The molecule has 0 aromatic heterocycles. The summed E-state index contributed by atoms with van der Waals surface area (Å²) in [5.41, 5.74) is 0.370. The molecule has 0 bridgehead atoms. The molecule has 214 valence electrons. The first-order valence-corrected chi connectivity index (χ1v) is 13.4. The Morgan fingerprint density at radius 2 is 1.38 bits per heavy atom. The molecule has 11 nitrogen and oxygen atoms in total. The Bertz CT molecular complexity index is 1020. The average Bonchev–Trinajstić information content (AvgIpc) is 3.13. The number of carbonyl (C=O) groups excluding carboxylic acids is 5. The number of amides is 2. The van der Waals surface area contributed by atoms with Gasteiger partial charge in [-0.25, -0.2) is 0 Å². The summed E-state index contributed by atoms with van der Waals surface area (Å²) in [5, 5.41) is 0. The second-order valence-electron chi connectivity index (χ2n) is 9.65. The normalized spacial score (nSPS) is 24.3. The fraction of sp³-hybridized carbons (Fsp3) is 0.607. The topological polar surface area (TPSA) is 135 Å². The number of esters is 3. The first-order chi connectivity index (χ1) is 18.6. The maximum Gasteiger partial charge on any atom is 0.303 e. The molecule has 1 fully saturated rings. The molecule has 2 aliphatic heterocycles. The molecule has 1 saturated heterocycles. The molecule has 0 N–H and O–H groups in total. The van der Waals surface area contributed by atoms with E-state index >= 15 is 0 Å². The highest BCUT2D eigenvalue weighted by Crippen LogP contribution is 2.35. The number of fused-ring (bicyclic) bond motifs is 1. The second-order valence-corrected chi connectivity index (χ2v) is 9.65. The van der Waals surface area contributed by atoms with Gasteiger partial charge in [0.1, 0.15) is 18.8 Å². The zero-order valence-electron chi connectivity index (χ0n) is 22.9. The van der Waals surface area contributed by atoms with Crippen molar-refractivity contribution < 1.29 is 47.7 Å². The molecule has 11 heteroatoms. The van der Waals surface area contributed by atoms with Crippen molar-refractivity contribution in [1.82, 2.24) is 4.90 Å². The highest BCUT2D eigenvalue weighted by molar-refractivity contribution is 6.21. The van der Waals surface area contributed by atoms with Gasteiger partial charge in [0.05, 0.1) is 11.1 Å². The van der Waals surface area contributed by atoms with Gasteiger partial charge in [-0.3, -0.25) is 28.9 Å². The standard InChI is InChI=1S/C28H37NO10/c1-5-6-7-8-9-12-15-35-28-23(29-26(33)20-13-10-11-14-21(20)27(29)34)25(38-19(4)32)24(37-18(3)31)22(39-28)16-36-17(2)30/h10-11,13-14,22-25,28H,5-9,12,15-16H2,1-4H3/t22-,23-,24-,25-,28-/m1/s1. The molecule has 0 radical (unpaired) electrons. The first kappa shape index (κ1) is 30.2. The van der Waals surface area contributed by atoms with E-state index in [9.17, 15) is 24.0 Å². The molecule has 0 unspecified atom stereocenters. The maximum atomic E-state index is 13.5. The third kappa shape index (κ3) is 7.63. The van der Waals surface area contributed by atoms with Gasteiger partial charge in [-0.1, -0.05) is 51.2 Å². The minimum atomic E-state index is -1.35. The van der Waals surface area contributed by atoms with Crippen molar-refractivity contribution in [3.8, 4) is 0 Å². The maximum absolute atomic E-state index is 13.5. The minimum Gasteiger partial charge on any atom is -0.463 e. The molecule has 2 aliphatic rings. The van der Waals surface area contributed by atoms with Crippen LogP contribution in [-0.2, 0) is 38.1 Å². The third-order valence-corrected chi connectivity index (χ3v) is 6.57. The summed E-state index contributed by atoms with van der Waals surface area (Å²) < 4.78 is 28.4. The van der Waals surface area contributed by atoms with Crippen LogP contribution in [-0.4, -0.2) is 78.5 Å². The summed E-state index contributed by atoms with van der Waals surface area (Å²) in [7, 11) is 0. The van der Waals surface area contributed by atoms with E-state index in [1.54, 1.807) is 12.1 Å². The van der Waals surface area contributed by atoms with E-state index in [0.717, 1.165) is 50.9 Å².